The van der Waals surface area contributed by atoms with E-state index in [1.54, 1.807) is 36.2 Å². The van der Waals surface area contributed by atoms with Crippen molar-refractivity contribution in [1.82, 2.24) is 25.5 Å². The van der Waals surface area contributed by atoms with E-state index in [4.69, 9.17) is 0 Å². The van der Waals surface area contributed by atoms with Gasteiger partial charge >= 0.3 is 6.18 Å². The minimum absolute atomic E-state index is 0.0282. The first-order valence-corrected chi connectivity index (χ1v) is 12.6. The number of benzene rings is 1. The fraction of sp³-hybridized carbons (Fsp3) is 0.481. The number of carbonyl (C=O) groups excluding carboxylic acids is 1. The summed E-state index contributed by atoms with van der Waals surface area (Å²) < 4.78 is 41.4. The zero-order valence-corrected chi connectivity index (χ0v) is 20.9. The van der Waals surface area contributed by atoms with Crippen LogP contribution in [-0.4, -0.2) is 40.7 Å². The molecule has 0 saturated carbocycles. The minimum atomic E-state index is -4.44. The summed E-state index contributed by atoms with van der Waals surface area (Å²) in [7, 11) is 1.77. The SMILES string of the molecule is C1=CCC2CNNC2=C1.CCCN(C)C(=O)Cc1ccc(-n2nc(C(F)(F)F)c3c2CCCC3)cc1. The molecule has 1 fully saturated rings. The third kappa shape index (κ3) is 6.00. The number of hydrogen-bond acceptors (Lipinski definition) is 4. The number of fused-ring (bicyclic) bond motifs is 2. The number of carbonyl (C=O) groups is 1. The Hall–Kier alpha value is -3.07. The maximum absolute atomic E-state index is 13.3. The number of allylic oxidation sites excluding steroid dienone is 3. The van der Waals surface area contributed by atoms with Gasteiger partial charge in [-0.15, -0.1) is 0 Å². The lowest BCUT2D eigenvalue weighted by Crippen LogP contribution is -2.28. The van der Waals surface area contributed by atoms with Crippen LogP contribution in [0.3, 0.4) is 0 Å². The average Bonchev–Trinajstić information content (AvgIpc) is 3.50. The lowest BCUT2D eigenvalue weighted by atomic mass is 9.95. The fourth-order valence-electron chi connectivity index (χ4n) is 4.86. The number of likely N-dealkylation sites (N-methyl/N-ethyl adjacent to an activating group) is 1. The standard InChI is InChI=1S/C20H24F3N3O.C7H10N2/c1-3-12-25(2)18(27)13-14-8-10-15(11-9-14)26-17-7-5-4-6-16(17)19(24-26)20(21,22)23;1-2-4-7-6(3-1)5-8-9-7/h8-11H,3-7,12-13H2,1-2H3;1-2,4,6,8-9H,3,5H2. The molecule has 2 aromatic rings. The van der Waals surface area contributed by atoms with Crippen molar-refractivity contribution in [3.8, 4) is 5.69 Å². The van der Waals surface area contributed by atoms with Crippen molar-refractivity contribution in [3.63, 3.8) is 0 Å². The van der Waals surface area contributed by atoms with Crippen molar-refractivity contribution in [1.29, 1.82) is 0 Å². The Labute approximate surface area is 210 Å². The Morgan fingerprint density at radius 1 is 1.19 bits per heavy atom. The highest BCUT2D eigenvalue weighted by Crippen LogP contribution is 2.36. The second-order valence-corrected chi connectivity index (χ2v) is 9.54. The third-order valence-corrected chi connectivity index (χ3v) is 6.82. The molecule has 0 radical (unpaired) electrons. The van der Waals surface area contributed by atoms with E-state index in [0.29, 0.717) is 36.3 Å². The maximum Gasteiger partial charge on any atom is 0.435 e. The Balaban J connectivity index is 0.000000280. The van der Waals surface area contributed by atoms with Gasteiger partial charge in [-0.1, -0.05) is 31.2 Å². The number of rotatable bonds is 5. The summed E-state index contributed by atoms with van der Waals surface area (Å²) in [5.41, 5.74) is 9.22. The topological polar surface area (TPSA) is 62.2 Å². The molecule has 5 rings (SSSR count). The number of nitrogens with one attached hydrogen (secondary N) is 2. The Morgan fingerprint density at radius 2 is 1.94 bits per heavy atom. The van der Waals surface area contributed by atoms with E-state index in [0.717, 1.165) is 37.3 Å². The van der Waals surface area contributed by atoms with E-state index in [2.05, 4.69) is 34.2 Å². The molecule has 36 heavy (non-hydrogen) atoms. The second-order valence-electron chi connectivity index (χ2n) is 9.54. The van der Waals surface area contributed by atoms with Crippen molar-refractivity contribution in [3.05, 3.63) is 70.7 Å². The molecule has 3 aliphatic rings. The number of nitrogens with zero attached hydrogens (tertiary/aromatic N) is 3. The number of hydrazine groups is 1. The van der Waals surface area contributed by atoms with Crippen LogP contribution < -0.4 is 10.9 Å². The average molecular weight is 502 g/mol. The zero-order chi connectivity index (χ0) is 25.7. The van der Waals surface area contributed by atoms with Crippen LogP contribution in [0.4, 0.5) is 13.2 Å². The van der Waals surface area contributed by atoms with E-state index in [-0.39, 0.29) is 12.3 Å². The number of hydrogen-bond donors (Lipinski definition) is 2. The number of aromatic nitrogens is 2. The first kappa shape index (κ1) is 26.0. The van der Waals surface area contributed by atoms with Gasteiger partial charge in [-0.3, -0.25) is 4.79 Å². The molecule has 1 unspecified atom stereocenters. The highest BCUT2D eigenvalue weighted by Gasteiger charge is 2.39. The van der Waals surface area contributed by atoms with Gasteiger partial charge < -0.3 is 10.3 Å². The molecule has 1 aromatic carbocycles. The van der Waals surface area contributed by atoms with Crippen LogP contribution in [0.15, 0.2) is 48.2 Å². The van der Waals surface area contributed by atoms with Crippen LogP contribution in [-0.2, 0) is 30.2 Å². The predicted molar refractivity (Wildman–Crippen MR) is 133 cm³/mol. The molecule has 0 bridgehead atoms. The molecule has 0 spiro atoms. The summed E-state index contributed by atoms with van der Waals surface area (Å²) in [4.78, 5) is 13.8. The van der Waals surface area contributed by atoms with Gasteiger partial charge in [-0.25, -0.2) is 10.1 Å². The Kier molecular flexibility index (Phi) is 8.18. The summed E-state index contributed by atoms with van der Waals surface area (Å²) in [5, 5.41) is 3.89. The van der Waals surface area contributed by atoms with Gasteiger partial charge in [0.15, 0.2) is 5.69 Å². The van der Waals surface area contributed by atoms with Crippen LogP contribution in [0, 0.1) is 5.92 Å². The lowest BCUT2D eigenvalue weighted by molar-refractivity contribution is -0.142. The van der Waals surface area contributed by atoms with Crippen molar-refractivity contribution < 1.29 is 18.0 Å². The van der Waals surface area contributed by atoms with Crippen LogP contribution in [0.5, 0.6) is 0 Å². The molecule has 194 valence electrons. The number of amides is 1. The van der Waals surface area contributed by atoms with E-state index in [1.807, 2.05) is 6.92 Å². The van der Waals surface area contributed by atoms with E-state index in [9.17, 15) is 18.0 Å². The van der Waals surface area contributed by atoms with Crippen molar-refractivity contribution in [2.24, 2.45) is 5.92 Å². The quantitative estimate of drug-likeness (QED) is 0.622. The molecule has 2 aliphatic carbocycles. The molecular weight excluding hydrogens is 467 g/mol. The molecule has 1 aliphatic heterocycles. The summed E-state index contributed by atoms with van der Waals surface area (Å²) in [6.45, 7) is 3.80. The Morgan fingerprint density at radius 3 is 2.64 bits per heavy atom. The van der Waals surface area contributed by atoms with E-state index >= 15 is 0 Å². The predicted octanol–water partition coefficient (Wildman–Crippen LogP) is 4.74. The normalized spacial score (nSPS) is 18.4. The Bertz CT molecular complexity index is 1120. The molecule has 2 N–H and O–H groups in total. The molecule has 1 amide bonds. The molecule has 6 nitrogen and oxygen atoms in total. The largest absolute Gasteiger partial charge is 0.435 e. The van der Waals surface area contributed by atoms with Gasteiger partial charge in [-0.05, 0) is 62.3 Å². The van der Waals surface area contributed by atoms with E-state index < -0.39 is 11.9 Å². The third-order valence-electron chi connectivity index (χ3n) is 6.82. The summed E-state index contributed by atoms with van der Waals surface area (Å²) in [6.07, 6.45) is 7.01. The van der Waals surface area contributed by atoms with Crippen molar-refractivity contribution in [2.45, 2.75) is 58.0 Å². The highest BCUT2D eigenvalue weighted by atomic mass is 19.4. The zero-order valence-electron chi connectivity index (χ0n) is 20.9. The van der Waals surface area contributed by atoms with Crippen molar-refractivity contribution in [2.75, 3.05) is 20.1 Å². The summed E-state index contributed by atoms with van der Waals surface area (Å²) in [5.74, 6) is 0.746. The molecular formula is C27H34F3N5O. The first-order chi connectivity index (χ1) is 17.3. The van der Waals surface area contributed by atoms with Gasteiger partial charge in [0.2, 0.25) is 5.91 Å². The van der Waals surface area contributed by atoms with Crippen LogP contribution in [0.1, 0.15) is 55.1 Å². The fourth-order valence-corrected chi connectivity index (χ4v) is 4.86. The minimum Gasteiger partial charge on any atom is -0.345 e. The first-order valence-electron chi connectivity index (χ1n) is 12.6. The molecule has 1 saturated heterocycles. The monoisotopic (exact) mass is 501 g/mol. The van der Waals surface area contributed by atoms with Crippen LogP contribution in [0.25, 0.3) is 5.69 Å². The summed E-state index contributed by atoms with van der Waals surface area (Å²) >= 11 is 0. The highest BCUT2D eigenvalue weighted by molar-refractivity contribution is 5.78. The maximum atomic E-state index is 13.3. The number of alkyl halides is 3. The molecule has 1 atom stereocenters. The number of halogens is 3. The van der Waals surface area contributed by atoms with Crippen LogP contribution >= 0.6 is 0 Å². The van der Waals surface area contributed by atoms with Crippen LogP contribution in [0.2, 0.25) is 0 Å². The van der Waals surface area contributed by atoms with Gasteiger partial charge in [0.1, 0.15) is 0 Å². The molecule has 1 aromatic heterocycles. The van der Waals surface area contributed by atoms with E-state index in [1.165, 1.54) is 16.8 Å². The second kappa shape index (κ2) is 11.3. The van der Waals surface area contributed by atoms with Gasteiger partial charge in [0, 0.05) is 43.0 Å². The van der Waals surface area contributed by atoms with Gasteiger partial charge in [0.05, 0.1) is 12.1 Å². The van der Waals surface area contributed by atoms with Gasteiger partial charge in [-0.2, -0.15) is 18.3 Å². The van der Waals surface area contributed by atoms with Crippen molar-refractivity contribution >= 4 is 5.91 Å². The molecule has 9 heteroatoms. The van der Waals surface area contributed by atoms with Gasteiger partial charge in [0.25, 0.3) is 0 Å². The molecule has 2 heterocycles. The summed E-state index contributed by atoms with van der Waals surface area (Å²) in [6, 6.07) is 7.06. The lowest BCUT2D eigenvalue weighted by Gasteiger charge is -2.16. The smallest absolute Gasteiger partial charge is 0.345 e.